The molecule has 1 aliphatic rings. The van der Waals surface area contributed by atoms with Gasteiger partial charge >= 0.3 is 0 Å². The van der Waals surface area contributed by atoms with Crippen LogP contribution in [0.5, 0.6) is 0 Å². The highest BCUT2D eigenvalue weighted by Crippen LogP contribution is 2.09. The van der Waals surface area contributed by atoms with Gasteiger partial charge in [0.1, 0.15) is 6.54 Å². The summed E-state index contributed by atoms with van der Waals surface area (Å²) in [6.07, 6.45) is 0. The number of likely N-dealkylation sites (N-methyl/N-ethyl adjacent to an activating group) is 1. The maximum atomic E-state index is 12.7. The Morgan fingerprint density at radius 2 is 1.83 bits per heavy atom. The van der Waals surface area contributed by atoms with Crippen molar-refractivity contribution >= 4 is 29.1 Å². The Balaban J connectivity index is 1.39. The van der Waals surface area contributed by atoms with Gasteiger partial charge in [-0.3, -0.25) is 9.59 Å². The molecule has 2 amide bonds. The average Bonchev–Trinajstić information content (AvgIpc) is 2.70. The molecule has 0 saturated carbocycles. The van der Waals surface area contributed by atoms with Crippen molar-refractivity contribution in [2.24, 2.45) is 0 Å². The third kappa shape index (κ3) is 6.83. The van der Waals surface area contributed by atoms with E-state index < -0.39 is 0 Å². The zero-order valence-electron chi connectivity index (χ0n) is 17.7. The molecule has 1 heterocycles. The van der Waals surface area contributed by atoms with E-state index in [2.05, 4.69) is 5.32 Å². The number of benzene rings is 2. The van der Waals surface area contributed by atoms with Crippen molar-refractivity contribution in [2.75, 3.05) is 51.6 Å². The van der Waals surface area contributed by atoms with Crippen LogP contribution in [0.4, 0.5) is 5.69 Å². The molecule has 1 saturated heterocycles. The van der Waals surface area contributed by atoms with E-state index in [1.807, 2.05) is 67.4 Å². The number of halogens is 1. The highest BCUT2D eigenvalue weighted by molar-refractivity contribution is 6.30. The minimum atomic E-state index is 0.0133. The number of carbonyl (C=O) groups is 2. The molecule has 1 atom stereocenters. The number of hydrogen-bond donors (Lipinski definition) is 3. The predicted molar refractivity (Wildman–Crippen MR) is 119 cm³/mol. The topological polar surface area (TPSA) is 58.3 Å². The molecule has 30 heavy (non-hydrogen) atoms. The molecule has 1 aliphatic heterocycles. The van der Waals surface area contributed by atoms with Crippen LogP contribution in [0, 0.1) is 6.92 Å². The minimum Gasteiger partial charge on any atom is -0.327 e. The van der Waals surface area contributed by atoms with E-state index in [0.717, 1.165) is 40.8 Å². The van der Waals surface area contributed by atoms with E-state index in [1.165, 1.54) is 10.5 Å². The van der Waals surface area contributed by atoms with Crippen molar-refractivity contribution in [1.29, 1.82) is 0 Å². The van der Waals surface area contributed by atoms with Gasteiger partial charge in [0.15, 0.2) is 13.1 Å². The smallest absolute Gasteiger partial charge is 0.279 e. The molecule has 0 aliphatic carbocycles. The van der Waals surface area contributed by atoms with Gasteiger partial charge < -0.3 is 20.0 Å². The van der Waals surface area contributed by atoms with Crippen LogP contribution in [0.25, 0.3) is 0 Å². The summed E-state index contributed by atoms with van der Waals surface area (Å²) in [7, 11) is 2.02. The van der Waals surface area contributed by atoms with Crippen LogP contribution < -0.4 is 15.1 Å². The lowest BCUT2D eigenvalue weighted by Crippen LogP contribution is -3.16. The molecule has 7 heteroatoms. The largest absolute Gasteiger partial charge is 0.327 e. The first-order valence-electron chi connectivity index (χ1n) is 10.4. The number of aryl methyl sites for hydroxylation is 1. The van der Waals surface area contributed by atoms with Crippen molar-refractivity contribution in [3.05, 3.63) is 64.7 Å². The number of nitrogens with zero attached hydrogens (tertiary/aromatic N) is 1. The van der Waals surface area contributed by atoms with Gasteiger partial charge in [-0.05, 0) is 31.2 Å². The van der Waals surface area contributed by atoms with Crippen molar-refractivity contribution in [1.82, 2.24) is 4.90 Å². The molecule has 0 aromatic heterocycles. The first kappa shape index (κ1) is 22.3. The van der Waals surface area contributed by atoms with Crippen LogP contribution in [-0.2, 0) is 16.1 Å². The molecule has 2 aromatic rings. The van der Waals surface area contributed by atoms with E-state index in [1.54, 1.807) is 0 Å². The molecule has 1 unspecified atom stereocenters. The van der Waals surface area contributed by atoms with Crippen LogP contribution in [0.3, 0.4) is 0 Å². The fourth-order valence-electron chi connectivity index (χ4n) is 3.75. The van der Waals surface area contributed by atoms with Crippen LogP contribution in [-0.4, -0.2) is 63.0 Å². The van der Waals surface area contributed by atoms with Gasteiger partial charge in [0.2, 0.25) is 0 Å². The van der Waals surface area contributed by atoms with Gasteiger partial charge in [-0.25, -0.2) is 0 Å². The van der Waals surface area contributed by atoms with Crippen LogP contribution >= 0.6 is 11.6 Å². The number of rotatable bonds is 7. The number of nitrogens with one attached hydrogen (secondary N) is 3. The van der Waals surface area contributed by atoms with Gasteiger partial charge in [-0.2, -0.15) is 0 Å². The van der Waals surface area contributed by atoms with E-state index in [4.69, 9.17) is 11.6 Å². The van der Waals surface area contributed by atoms with Crippen molar-refractivity contribution in [3.8, 4) is 0 Å². The third-order valence-corrected chi connectivity index (χ3v) is 5.65. The molecule has 3 rings (SSSR count). The summed E-state index contributed by atoms with van der Waals surface area (Å²) >= 11 is 6.04. The van der Waals surface area contributed by atoms with Crippen LogP contribution in [0.1, 0.15) is 11.1 Å². The highest BCUT2D eigenvalue weighted by Gasteiger charge is 2.26. The quantitative estimate of drug-likeness (QED) is 0.580. The summed E-state index contributed by atoms with van der Waals surface area (Å²) in [5, 5.41) is 3.67. The Hall–Kier alpha value is -2.41. The number of anilines is 1. The first-order chi connectivity index (χ1) is 14.4. The summed E-state index contributed by atoms with van der Waals surface area (Å²) in [6, 6.07) is 15.6. The monoisotopic (exact) mass is 430 g/mol. The fraction of sp³-hybridized carbons (Fsp3) is 0.391. The summed E-state index contributed by atoms with van der Waals surface area (Å²) in [4.78, 5) is 29.2. The molecular weight excluding hydrogens is 400 g/mol. The lowest BCUT2D eigenvalue weighted by atomic mass is 10.2. The number of amides is 2. The summed E-state index contributed by atoms with van der Waals surface area (Å²) in [6.45, 7) is 6.63. The van der Waals surface area contributed by atoms with E-state index in [9.17, 15) is 9.59 Å². The normalized spacial score (nSPS) is 15.6. The summed E-state index contributed by atoms with van der Waals surface area (Å²) in [5.41, 5.74) is 3.12. The lowest BCUT2D eigenvalue weighted by molar-refractivity contribution is -0.896. The highest BCUT2D eigenvalue weighted by atomic mass is 35.5. The van der Waals surface area contributed by atoms with Gasteiger partial charge in [0.05, 0.1) is 33.2 Å². The van der Waals surface area contributed by atoms with Gasteiger partial charge in [-0.1, -0.05) is 41.4 Å². The third-order valence-electron chi connectivity index (χ3n) is 5.42. The summed E-state index contributed by atoms with van der Waals surface area (Å²) in [5.74, 6) is 0.178. The maximum Gasteiger partial charge on any atom is 0.279 e. The standard InChI is InChI=1S/C23H29ClN4O2/c1-18-6-8-21(9-7-18)25-22(29)16-27-10-12-28(13-11-27)23(30)17-26(2)15-19-4-3-5-20(24)14-19/h3-9,14H,10-13,15-17H2,1-2H3,(H,25,29)/p+2. The minimum absolute atomic E-state index is 0.0133. The van der Waals surface area contributed by atoms with E-state index in [0.29, 0.717) is 26.2 Å². The van der Waals surface area contributed by atoms with Crippen molar-refractivity contribution in [2.45, 2.75) is 13.5 Å². The zero-order valence-corrected chi connectivity index (χ0v) is 18.5. The van der Waals surface area contributed by atoms with E-state index >= 15 is 0 Å². The lowest BCUT2D eigenvalue weighted by Gasteiger charge is -2.32. The first-order valence-corrected chi connectivity index (χ1v) is 10.8. The predicted octanol–water partition coefficient (Wildman–Crippen LogP) is 0.0289. The fourth-order valence-corrected chi connectivity index (χ4v) is 3.96. The molecule has 6 nitrogen and oxygen atoms in total. The Bertz CT molecular complexity index is 864. The van der Waals surface area contributed by atoms with Crippen molar-refractivity contribution in [3.63, 3.8) is 0 Å². The maximum absolute atomic E-state index is 12.7. The molecular formula is C23H31ClN4O2+2. The number of quaternary nitrogens is 2. The number of hydrogen-bond acceptors (Lipinski definition) is 2. The van der Waals surface area contributed by atoms with Gasteiger partial charge in [0, 0.05) is 16.3 Å². The second-order valence-electron chi connectivity index (χ2n) is 8.16. The Morgan fingerprint density at radius 3 is 2.50 bits per heavy atom. The van der Waals surface area contributed by atoms with E-state index in [-0.39, 0.29) is 11.8 Å². The molecule has 3 N–H and O–H groups in total. The molecule has 1 fully saturated rings. The zero-order chi connectivity index (χ0) is 21.5. The molecule has 0 spiro atoms. The Morgan fingerprint density at radius 1 is 1.13 bits per heavy atom. The molecule has 0 radical (unpaired) electrons. The van der Waals surface area contributed by atoms with Crippen LogP contribution in [0.15, 0.2) is 48.5 Å². The second-order valence-corrected chi connectivity index (χ2v) is 8.60. The number of carbonyl (C=O) groups excluding carboxylic acids is 2. The van der Waals surface area contributed by atoms with Crippen LogP contribution in [0.2, 0.25) is 5.02 Å². The van der Waals surface area contributed by atoms with Gasteiger partial charge in [-0.15, -0.1) is 0 Å². The Labute approximate surface area is 183 Å². The molecule has 160 valence electrons. The second kappa shape index (κ2) is 10.6. The SMILES string of the molecule is Cc1ccc(NC(=O)C[NH+]2CCN(C(=O)C[NH+](C)Cc3cccc(Cl)c3)CC2)cc1. The molecule has 2 aromatic carbocycles. The summed E-state index contributed by atoms with van der Waals surface area (Å²) < 4.78 is 0. The number of piperazine rings is 1. The van der Waals surface area contributed by atoms with Crippen molar-refractivity contribution < 1.29 is 19.4 Å². The van der Waals surface area contributed by atoms with Gasteiger partial charge in [0.25, 0.3) is 11.8 Å². The molecule has 0 bridgehead atoms. The average molecular weight is 431 g/mol. The Kier molecular flexibility index (Phi) is 7.85.